The van der Waals surface area contributed by atoms with Gasteiger partial charge in [0.05, 0.1) is 18.5 Å². The Labute approximate surface area is 185 Å². The summed E-state index contributed by atoms with van der Waals surface area (Å²) >= 11 is 0. The number of unbranched alkanes of at least 4 members (excludes halogenated alkanes) is 3. The number of aliphatic hydroxyl groups excluding tert-OH is 1. The first-order valence-corrected chi connectivity index (χ1v) is 11.9. The van der Waals surface area contributed by atoms with Crippen molar-refractivity contribution in [3.8, 4) is 11.4 Å². The number of anilines is 1. The van der Waals surface area contributed by atoms with Gasteiger partial charge in [0.2, 0.25) is 0 Å². The lowest BCUT2D eigenvalue weighted by Crippen LogP contribution is -2.21. The van der Waals surface area contributed by atoms with Crippen molar-refractivity contribution in [1.82, 2.24) is 19.5 Å². The van der Waals surface area contributed by atoms with Gasteiger partial charge >= 0.3 is 0 Å². The minimum Gasteiger partial charge on any atom is -0.391 e. The number of hydrogen-bond acceptors (Lipinski definition) is 5. The second-order valence-corrected chi connectivity index (χ2v) is 8.87. The Bertz CT molecular complexity index is 963. The SMILES string of the molecule is CCCCCC[C@@H]([C@H](C)O)n1cnc2c(NC3CCCC3)nc(-c3ccccc3)nc21. The van der Waals surface area contributed by atoms with Crippen molar-refractivity contribution in [3.05, 3.63) is 36.7 Å². The van der Waals surface area contributed by atoms with Gasteiger partial charge in [-0.3, -0.25) is 0 Å². The summed E-state index contributed by atoms with van der Waals surface area (Å²) in [7, 11) is 0. The average molecular weight is 422 g/mol. The standard InChI is InChI=1S/C25H35N5O/c1-3-4-5-9-16-21(18(2)31)30-17-26-22-24(27-20-14-10-11-15-20)28-23(29-25(22)30)19-12-7-6-8-13-19/h6-8,12-13,17-18,20-21,31H,3-5,9-11,14-16H2,1-2H3,(H,27,28,29)/t18-,21-/m0/s1. The minimum atomic E-state index is -0.472. The summed E-state index contributed by atoms with van der Waals surface area (Å²) in [6.07, 6.45) is 11.8. The van der Waals surface area contributed by atoms with E-state index in [1.54, 1.807) is 0 Å². The predicted octanol–water partition coefficient (Wildman–Crippen LogP) is 5.74. The van der Waals surface area contributed by atoms with E-state index in [9.17, 15) is 5.11 Å². The Morgan fingerprint density at radius 1 is 1.10 bits per heavy atom. The highest BCUT2D eigenvalue weighted by Gasteiger charge is 2.24. The summed E-state index contributed by atoms with van der Waals surface area (Å²) in [6.45, 7) is 4.09. The third-order valence-corrected chi connectivity index (χ3v) is 6.42. The molecule has 0 aliphatic heterocycles. The molecule has 2 N–H and O–H groups in total. The fourth-order valence-corrected chi connectivity index (χ4v) is 4.63. The molecule has 6 heteroatoms. The van der Waals surface area contributed by atoms with Gasteiger partial charge in [-0.15, -0.1) is 0 Å². The molecule has 1 saturated carbocycles. The van der Waals surface area contributed by atoms with Gasteiger partial charge < -0.3 is 15.0 Å². The molecule has 0 bridgehead atoms. The zero-order chi connectivity index (χ0) is 21.6. The van der Waals surface area contributed by atoms with Gasteiger partial charge in [-0.25, -0.2) is 15.0 Å². The third kappa shape index (κ3) is 5.06. The van der Waals surface area contributed by atoms with Gasteiger partial charge in [-0.05, 0) is 26.2 Å². The molecular weight excluding hydrogens is 386 g/mol. The molecule has 0 spiro atoms. The smallest absolute Gasteiger partial charge is 0.166 e. The zero-order valence-corrected chi connectivity index (χ0v) is 18.8. The van der Waals surface area contributed by atoms with Gasteiger partial charge in [0, 0.05) is 11.6 Å². The Morgan fingerprint density at radius 2 is 1.87 bits per heavy atom. The van der Waals surface area contributed by atoms with Gasteiger partial charge in [-0.1, -0.05) is 75.8 Å². The van der Waals surface area contributed by atoms with Crippen LogP contribution in [0.25, 0.3) is 22.6 Å². The lowest BCUT2D eigenvalue weighted by molar-refractivity contribution is 0.124. The molecule has 166 valence electrons. The van der Waals surface area contributed by atoms with Gasteiger partial charge in [-0.2, -0.15) is 0 Å². The fraction of sp³-hybridized carbons (Fsp3) is 0.560. The number of rotatable bonds is 10. The van der Waals surface area contributed by atoms with E-state index in [0.29, 0.717) is 11.9 Å². The van der Waals surface area contributed by atoms with E-state index >= 15 is 0 Å². The highest BCUT2D eigenvalue weighted by atomic mass is 16.3. The molecule has 3 aromatic rings. The maximum Gasteiger partial charge on any atom is 0.166 e. The van der Waals surface area contributed by atoms with Gasteiger partial charge in [0.1, 0.15) is 5.52 Å². The molecule has 6 nitrogen and oxygen atoms in total. The van der Waals surface area contributed by atoms with Crippen LogP contribution in [0.2, 0.25) is 0 Å². The lowest BCUT2D eigenvalue weighted by Gasteiger charge is -2.22. The number of imidazole rings is 1. The molecule has 2 aromatic heterocycles. The maximum atomic E-state index is 10.6. The quantitative estimate of drug-likeness (QED) is 0.408. The Hall–Kier alpha value is -2.47. The molecule has 1 aromatic carbocycles. The molecule has 1 aliphatic rings. The van der Waals surface area contributed by atoms with Crippen LogP contribution in [0.15, 0.2) is 36.7 Å². The molecule has 0 unspecified atom stereocenters. The van der Waals surface area contributed by atoms with Crippen molar-refractivity contribution < 1.29 is 5.11 Å². The van der Waals surface area contributed by atoms with Crippen molar-refractivity contribution >= 4 is 17.0 Å². The largest absolute Gasteiger partial charge is 0.391 e. The number of fused-ring (bicyclic) bond motifs is 1. The summed E-state index contributed by atoms with van der Waals surface area (Å²) in [5.41, 5.74) is 2.59. The normalized spacial score (nSPS) is 16.6. The van der Waals surface area contributed by atoms with Crippen molar-refractivity contribution in [3.63, 3.8) is 0 Å². The van der Waals surface area contributed by atoms with E-state index < -0.39 is 6.10 Å². The second kappa shape index (κ2) is 10.2. The molecule has 1 fully saturated rings. The second-order valence-electron chi connectivity index (χ2n) is 8.87. The van der Waals surface area contributed by atoms with Crippen LogP contribution < -0.4 is 5.32 Å². The molecular formula is C25H35N5O. The van der Waals surface area contributed by atoms with E-state index in [0.717, 1.165) is 35.4 Å². The van der Waals surface area contributed by atoms with Crippen LogP contribution in [0.4, 0.5) is 5.82 Å². The number of nitrogens with one attached hydrogen (secondary N) is 1. The van der Waals surface area contributed by atoms with Crippen LogP contribution in [0.3, 0.4) is 0 Å². The van der Waals surface area contributed by atoms with Crippen LogP contribution in [-0.4, -0.2) is 36.8 Å². The molecule has 2 atom stereocenters. The van der Waals surface area contributed by atoms with E-state index in [4.69, 9.17) is 15.0 Å². The Kier molecular flexibility index (Phi) is 7.17. The highest BCUT2D eigenvalue weighted by Crippen LogP contribution is 2.31. The first-order chi connectivity index (χ1) is 15.2. The van der Waals surface area contributed by atoms with Crippen molar-refractivity contribution in [2.24, 2.45) is 0 Å². The molecule has 4 rings (SSSR count). The van der Waals surface area contributed by atoms with E-state index in [1.165, 1.54) is 44.9 Å². The van der Waals surface area contributed by atoms with Crippen molar-refractivity contribution in [2.45, 2.75) is 89.8 Å². The van der Waals surface area contributed by atoms with Crippen molar-refractivity contribution in [1.29, 1.82) is 0 Å². The molecule has 1 aliphatic carbocycles. The molecule has 0 saturated heterocycles. The van der Waals surface area contributed by atoms with Crippen LogP contribution in [-0.2, 0) is 0 Å². The van der Waals surface area contributed by atoms with Crippen LogP contribution in [0, 0.1) is 0 Å². The maximum absolute atomic E-state index is 10.6. The van der Waals surface area contributed by atoms with Gasteiger partial charge in [0.25, 0.3) is 0 Å². The van der Waals surface area contributed by atoms with Crippen LogP contribution in [0.1, 0.15) is 77.7 Å². The monoisotopic (exact) mass is 421 g/mol. The number of nitrogens with zero attached hydrogens (tertiary/aromatic N) is 4. The first kappa shape index (κ1) is 21.8. The van der Waals surface area contributed by atoms with E-state index in [-0.39, 0.29) is 6.04 Å². The van der Waals surface area contributed by atoms with Gasteiger partial charge in [0.15, 0.2) is 17.3 Å². The first-order valence-electron chi connectivity index (χ1n) is 11.9. The Morgan fingerprint density at radius 3 is 2.58 bits per heavy atom. The number of aromatic nitrogens is 4. The predicted molar refractivity (Wildman–Crippen MR) is 126 cm³/mol. The molecule has 31 heavy (non-hydrogen) atoms. The number of hydrogen-bond donors (Lipinski definition) is 2. The summed E-state index contributed by atoms with van der Waals surface area (Å²) in [5, 5.41) is 14.2. The molecule has 0 radical (unpaired) electrons. The molecule has 2 heterocycles. The molecule has 0 amide bonds. The fourth-order valence-electron chi connectivity index (χ4n) is 4.63. The highest BCUT2D eigenvalue weighted by molar-refractivity contribution is 5.85. The van der Waals surface area contributed by atoms with Crippen LogP contribution >= 0.6 is 0 Å². The minimum absolute atomic E-state index is 0.0419. The van der Waals surface area contributed by atoms with E-state index in [1.807, 2.05) is 43.6 Å². The summed E-state index contributed by atoms with van der Waals surface area (Å²) in [6, 6.07) is 10.5. The Balaban J connectivity index is 1.73. The lowest BCUT2D eigenvalue weighted by atomic mass is 10.0. The number of benzene rings is 1. The average Bonchev–Trinajstić information content (AvgIpc) is 3.44. The number of aliphatic hydroxyl groups is 1. The summed E-state index contributed by atoms with van der Waals surface area (Å²) < 4.78 is 2.07. The summed E-state index contributed by atoms with van der Waals surface area (Å²) in [5.74, 6) is 1.51. The van der Waals surface area contributed by atoms with Crippen LogP contribution in [0.5, 0.6) is 0 Å². The topological polar surface area (TPSA) is 75.9 Å². The zero-order valence-electron chi connectivity index (χ0n) is 18.8. The third-order valence-electron chi connectivity index (χ3n) is 6.42. The summed E-state index contributed by atoms with van der Waals surface area (Å²) in [4.78, 5) is 14.5. The van der Waals surface area contributed by atoms with Crippen molar-refractivity contribution in [2.75, 3.05) is 5.32 Å². The van der Waals surface area contributed by atoms with E-state index in [2.05, 4.69) is 16.8 Å².